The molecule has 18 heavy (non-hydrogen) atoms. The van der Waals surface area contributed by atoms with Gasteiger partial charge in [-0.15, -0.1) is 5.10 Å². The molecule has 0 aliphatic carbocycles. The Hall–Kier alpha value is -2.19. The lowest BCUT2D eigenvalue weighted by atomic mass is 10.1. The summed E-state index contributed by atoms with van der Waals surface area (Å²) < 4.78 is 0. The van der Waals surface area contributed by atoms with Gasteiger partial charge in [-0.1, -0.05) is 16.7 Å². The Bertz CT molecular complexity index is 582. The summed E-state index contributed by atoms with van der Waals surface area (Å²) in [5, 5.41) is 14.0. The van der Waals surface area contributed by atoms with E-state index in [9.17, 15) is 4.79 Å². The van der Waals surface area contributed by atoms with Crippen molar-refractivity contribution in [1.29, 1.82) is 0 Å². The highest BCUT2D eigenvalue weighted by Crippen LogP contribution is 2.20. The summed E-state index contributed by atoms with van der Waals surface area (Å²) in [4.78, 5) is 13.2. The Morgan fingerprint density at radius 2 is 2.28 bits per heavy atom. The molecule has 0 bridgehead atoms. The second-order valence-electron chi connectivity index (χ2n) is 3.39. The van der Waals surface area contributed by atoms with Crippen LogP contribution in [0.5, 0.6) is 0 Å². The number of hydrogen-bond donors (Lipinski definition) is 3. The molecule has 94 valence electrons. The highest BCUT2D eigenvalue weighted by molar-refractivity contribution is 6.31. The number of aryl methyl sites for hydroxylation is 1. The number of nitrogens with one attached hydrogen (secondary N) is 2. The fourth-order valence-corrected chi connectivity index (χ4v) is 1.51. The molecule has 8 nitrogen and oxygen atoms in total. The molecule has 0 fully saturated rings. The first-order valence-electron chi connectivity index (χ1n) is 4.91. The van der Waals surface area contributed by atoms with Gasteiger partial charge in [-0.2, -0.15) is 4.80 Å². The molecule has 0 saturated carbocycles. The Morgan fingerprint density at radius 1 is 1.50 bits per heavy atom. The van der Waals surface area contributed by atoms with Crippen molar-refractivity contribution in [3.63, 3.8) is 0 Å². The summed E-state index contributed by atoms with van der Waals surface area (Å²) in [6, 6.07) is 4.71. The molecule has 2 rings (SSSR count). The normalized spacial score (nSPS) is 10.2. The number of nitrogens with zero attached hydrogens (tertiary/aromatic N) is 4. The van der Waals surface area contributed by atoms with Crippen LogP contribution in [0.4, 0.5) is 11.6 Å². The molecule has 9 heteroatoms. The lowest BCUT2D eigenvalue weighted by Gasteiger charge is -2.07. The average Bonchev–Trinajstić information content (AvgIpc) is 2.74. The molecule has 1 heterocycles. The third kappa shape index (κ3) is 2.55. The van der Waals surface area contributed by atoms with Crippen LogP contribution in [0, 0.1) is 0 Å². The molecule has 0 saturated heterocycles. The van der Waals surface area contributed by atoms with Gasteiger partial charge in [0.1, 0.15) is 0 Å². The van der Waals surface area contributed by atoms with Gasteiger partial charge < -0.3 is 5.43 Å². The minimum Gasteiger partial charge on any atom is -0.323 e. The first-order chi connectivity index (χ1) is 8.60. The smallest absolute Gasteiger partial charge is 0.270 e. The van der Waals surface area contributed by atoms with Crippen molar-refractivity contribution in [2.75, 3.05) is 10.7 Å². The molecule has 1 aromatic heterocycles. The van der Waals surface area contributed by atoms with Crippen molar-refractivity contribution in [3.05, 3.63) is 28.8 Å². The van der Waals surface area contributed by atoms with Crippen LogP contribution in [-0.2, 0) is 7.05 Å². The van der Waals surface area contributed by atoms with Crippen LogP contribution in [0.25, 0.3) is 0 Å². The van der Waals surface area contributed by atoms with Gasteiger partial charge in [0, 0.05) is 5.02 Å². The second-order valence-corrected chi connectivity index (χ2v) is 3.83. The number of carbonyl (C=O) groups excluding carboxylic acids is 1. The molecule has 0 atom stereocenters. The van der Waals surface area contributed by atoms with Crippen molar-refractivity contribution < 1.29 is 4.79 Å². The van der Waals surface area contributed by atoms with Crippen LogP contribution in [0.2, 0.25) is 5.02 Å². The van der Waals surface area contributed by atoms with Crippen LogP contribution in [-0.4, -0.2) is 26.1 Å². The van der Waals surface area contributed by atoms with E-state index in [1.165, 1.54) is 10.9 Å². The van der Waals surface area contributed by atoms with Gasteiger partial charge in [0.05, 0.1) is 18.3 Å². The average molecular weight is 268 g/mol. The van der Waals surface area contributed by atoms with Crippen molar-refractivity contribution in [2.45, 2.75) is 0 Å². The number of benzene rings is 1. The zero-order chi connectivity index (χ0) is 13.1. The van der Waals surface area contributed by atoms with E-state index in [1.54, 1.807) is 19.2 Å². The fourth-order valence-electron chi connectivity index (χ4n) is 1.33. The number of tetrazole rings is 1. The minimum atomic E-state index is -0.432. The highest BCUT2D eigenvalue weighted by atomic mass is 35.5. The maximum absolute atomic E-state index is 12.0. The largest absolute Gasteiger partial charge is 0.323 e. The number of nitrogens with two attached hydrogens (primary N) is 1. The monoisotopic (exact) mass is 267 g/mol. The Morgan fingerprint density at radius 3 is 2.89 bits per heavy atom. The van der Waals surface area contributed by atoms with Crippen molar-refractivity contribution in [3.8, 4) is 0 Å². The Kier molecular flexibility index (Phi) is 3.40. The zero-order valence-corrected chi connectivity index (χ0v) is 10.1. The van der Waals surface area contributed by atoms with E-state index >= 15 is 0 Å². The van der Waals surface area contributed by atoms with Gasteiger partial charge in [0.25, 0.3) is 11.9 Å². The van der Waals surface area contributed by atoms with Crippen LogP contribution >= 0.6 is 11.6 Å². The highest BCUT2D eigenvalue weighted by Gasteiger charge is 2.14. The number of hydrogen-bond acceptors (Lipinski definition) is 6. The number of carbonyl (C=O) groups is 1. The summed E-state index contributed by atoms with van der Waals surface area (Å²) in [5.41, 5.74) is 3.15. The molecule has 0 spiro atoms. The number of aromatic nitrogens is 4. The van der Waals surface area contributed by atoms with Gasteiger partial charge in [0.2, 0.25) is 0 Å². The molecule has 2 aromatic rings. The number of amides is 1. The third-order valence-electron chi connectivity index (χ3n) is 2.12. The molecular weight excluding hydrogens is 258 g/mol. The molecule has 4 N–H and O–H groups in total. The van der Waals surface area contributed by atoms with E-state index in [1.807, 2.05) is 0 Å². The number of hydrazine groups is 1. The third-order valence-corrected chi connectivity index (χ3v) is 2.35. The lowest BCUT2D eigenvalue weighted by molar-refractivity contribution is 0.102. The van der Waals surface area contributed by atoms with E-state index in [0.717, 1.165) is 0 Å². The Balaban J connectivity index is 2.25. The van der Waals surface area contributed by atoms with Crippen LogP contribution in [0.1, 0.15) is 10.4 Å². The maximum Gasteiger partial charge on any atom is 0.270 e. The van der Waals surface area contributed by atoms with E-state index in [2.05, 4.69) is 26.2 Å². The minimum absolute atomic E-state index is 0.102. The van der Waals surface area contributed by atoms with Gasteiger partial charge in [0.15, 0.2) is 0 Å². The second kappa shape index (κ2) is 4.98. The summed E-state index contributed by atoms with van der Waals surface area (Å²) in [6.45, 7) is 0. The lowest BCUT2D eigenvalue weighted by Crippen LogP contribution is -2.18. The quantitative estimate of drug-likeness (QED) is 0.548. The van der Waals surface area contributed by atoms with Crippen LogP contribution < -0.4 is 16.6 Å². The first-order valence-corrected chi connectivity index (χ1v) is 5.29. The number of anilines is 2. The van der Waals surface area contributed by atoms with Crippen LogP contribution in [0.3, 0.4) is 0 Å². The predicted molar refractivity (Wildman–Crippen MR) is 66.0 cm³/mol. The van der Waals surface area contributed by atoms with E-state index in [-0.39, 0.29) is 11.5 Å². The number of nitrogen functional groups attached to an aromatic ring is 1. The molecule has 1 amide bonds. The van der Waals surface area contributed by atoms with Crippen molar-refractivity contribution in [2.24, 2.45) is 12.9 Å². The summed E-state index contributed by atoms with van der Waals surface area (Å²) in [5.74, 6) is 4.99. The molecular formula is C9H10ClN7O. The number of rotatable bonds is 3. The van der Waals surface area contributed by atoms with Gasteiger partial charge in [-0.25, -0.2) is 0 Å². The van der Waals surface area contributed by atoms with Crippen molar-refractivity contribution in [1.82, 2.24) is 20.2 Å². The topological polar surface area (TPSA) is 111 Å². The summed E-state index contributed by atoms with van der Waals surface area (Å²) >= 11 is 5.83. The Labute approximate surface area is 107 Å². The molecule has 0 aliphatic heterocycles. The molecule has 0 aliphatic rings. The predicted octanol–water partition coefficient (Wildman–Crippen LogP) is 0.401. The molecule has 1 aromatic carbocycles. The van der Waals surface area contributed by atoms with Crippen LogP contribution in [0.15, 0.2) is 18.2 Å². The van der Waals surface area contributed by atoms with Gasteiger partial charge in [-0.3, -0.25) is 16.0 Å². The van der Waals surface area contributed by atoms with E-state index in [0.29, 0.717) is 10.7 Å². The maximum atomic E-state index is 12.0. The van der Waals surface area contributed by atoms with E-state index in [4.69, 9.17) is 17.4 Å². The summed E-state index contributed by atoms with van der Waals surface area (Å²) in [7, 11) is 1.59. The zero-order valence-electron chi connectivity index (χ0n) is 9.38. The first kappa shape index (κ1) is 12.3. The fraction of sp³-hybridized carbons (Fsp3) is 0.111. The van der Waals surface area contributed by atoms with Crippen molar-refractivity contribution >= 4 is 29.1 Å². The molecule has 0 radical (unpaired) electrons. The van der Waals surface area contributed by atoms with E-state index < -0.39 is 5.91 Å². The number of halogens is 1. The molecule has 0 unspecified atom stereocenters. The van der Waals surface area contributed by atoms with Gasteiger partial charge >= 0.3 is 0 Å². The summed E-state index contributed by atoms with van der Waals surface area (Å²) in [6.07, 6.45) is 0. The van der Waals surface area contributed by atoms with Gasteiger partial charge in [-0.05, 0) is 23.4 Å². The standard InChI is InChI=1S/C9H10ClN7O/c1-17-15-9(14-16-17)12-8(18)6-4-5(10)2-3-7(6)13-11/h2-4,13H,11H2,1H3,(H,12,15,18). The SMILES string of the molecule is Cn1nnc(NC(=O)c2cc(Cl)ccc2NN)n1.